The third kappa shape index (κ3) is 2.38. The van der Waals surface area contributed by atoms with Crippen molar-refractivity contribution in [1.82, 2.24) is 24.6 Å². The molecule has 6 nitrogen and oxygen atoms in total. The van der Waals surface area contributed by atoms with Crippen molar-refractivity contribution < 1.29 is 9.18 Å². The van der Waals surface area contributed by atoms with Crippen LogP contribution in [0, 0.1) is 5.82 Å². The number of carbonyl (C=O) groups excluding carboxylic acids is 1. The number of aryl methyl sites for hydroxylation is 1. The van der Waals surface area contributed by atoms with E-state index in [1.165, 1.54) is 12.1 Å². The zero-order chi connectivity index (χ0) is 16.0. The van der Waals surface area contributed by atoms with Gasteiger partial charge < -0.3 is 9.88 Å². The molecule has 2 aromatic heterocycles. The lowest BCUT2D eigenvalue weighted by Crippen LogP contribution is -2.30. The van der Waals surface area contributed by atoms with Crippen LogP contribution in [0.3, 0.4) is 0 Å². The first-order valence-electron chi connectivity index (χ1n) is 7.56. The Labute approximate surface area is 131 Å². The first kappa shape index (κ1) is 13.9. The van der Waals surface area contributed by atoms with Crippen molar-refractivity contribution in [3.8, 4) is 0 Å². The number of fused-ring (bicyclic) bond motifs is 1. The van der Waals surface area contributed by atoms with E-state index in [9.17, 15) is 9.18 Å². The fourth-order valence-electron chi connectivity index (χ4n) is 3.15. The van der Waals surface area contributed by atoms with Crippen LogP contribution in [0.25, 0.3) is 11.0 Å². The molecular formula is C16H16FN5O. The van der Waals surface area contributed by atoms with Gasteiger partial charge in [-0.1, -0.05) is 0 Å². The topological polar surface area (TPSA) is 66.8 Å². The molecule has 1 atom stereocenters. The molecule has 1 fully saturated rings. The molecule has 118 valence electrons. The largest absolute Gasteiger partial charge is 0.340 e. The Bertz CT molecular complexity index is 884. The Balaban J connectivity index is 1.67. The molecular weight excluding hydrogens is 297 g/mol. The predicted octanol–water partition coefficient (Wildman–Crippen LogP) is 2.41. The van der Waals surface area contributed by atoms with Crippen molar-refractivity contribution in [2.75, 3.05) is 6.54 Å². The molecule has 0 aliphatic carbocycles. The average Bonchev–Trinajstić information content (AvgIpc) is 3.23. The minimum Gasteiger partial charge on any atom is -0.340 e. The standard InChI is InChI=1S/C16H16FN5O/c1-21-9-10(8-18-21)16(23)22-6-2-3-14(22)15-19-12-5-4-11(17)7-13(12)20-15/h4-5,7-9,14H,2-3,6H2,1H3,(H,19,20)/t14-/m1/s1. The number of imidazole rings is 1. The summed E-state index contributed by atoms with van der Waals surface area (Å²) in [6.45, 7) is 0.684. The summed E-state index contributed by atoms with van der Waals surface area (Å²) in [6.07, 6.45) is 5.05. The lowest BCUT2D eigenvalue weighted by atomic mass is 10.2. The lowest BCUT2D eigenvalue weighted by molar-refractivity contribution is 0.0730. The van der Waals surface area contributed by atoms with Gasteiger partial charge in [0.25, 0.3) is 5.91 Å². The van der Waals surface area contributed by atoms with Crippen LogP contribution in [0.5, 0.6) is 0 Å². The van der Waals surface area contributed by atoms with Crippen LogP contribution in [-0.2, 0) is 7.05 Å². The number of hydrogen-bond donors (Lipinski definition) is 1. The number of benzene rings is 1. The minimum absolute atomic E-state index is 0.0489. The normalized spacial score (nSPS) is 18.0. The molecule has 7 heteroatoms. The maximum atomic E-state index is 13.3. The molecule has 0 saturated carbocycles. The molecule has 1 amide bonds. The first-order valence-corrected chi connectivity index (χ1v) is 7.56. The van der Waals surface area contributed by atoms with E-state index in [-0.39, 0.29) is 17.8 Å². The van der Waals surface area contributed by atoms with Gasteiger partial charge in [-0.3, -0.25) is 9.48 Å². The first-order chi connectivity index (χ1) is 11.1. The van der Waals surface area contributed by atoms with Gasteiger partial charge in [0, 0.05) is 19.8 Å². The number of halogens is 1. The summed E-state index contributed by atoms with van der Waals surface area (Å²) >= 11 is 0. The number of amides is 1. The SMILES string of the molecule is Cn1cc(C(=O)N2CCC[C@@H]2c2nc3ccc(F)cc3[nH]2)cn1. The fourth-order valence-corrected chi connectivity index (χ4v) is 3.15. The number of rotatable bonds is 2. The van der Waals surface area contributed by atoms with Crippen LogP contribution in [0.15, 0.2) is 30.6 Å². The molecule has 1 aromatic carbocycles. The number of likely N-dealkylation sites (tertiary alicyclic amines) is 1. The Morgan fingerprint density at radius 1 is 1.43 bits per heavy atom. The average molecular weight is 313 g/mol. The van der Waals surface area contributed by atoms with E-state index in [1.54, 1.807) is 30.2 Å². The van der Waals surface area contributed by atoms with Crippen LogP contribution >= 0.6 is 0 Å². The molecule has 1 aliphatic rings. The van der Waals surface area contributed by atoms with Gasteiger partial charge in [-0.15, -0.1) is 0 Å². The third-order valence-electron chi connectivity index (χ3n) is 4.24. The van der Waals surface area contributed by atoms with Crippen molar-refractivity contribution in [3.05, 3.63) is 47.8 Å². The molecule has 4 rings (SSSR count). The number of aromatic nitrogens is 4. The number of H-pyrrole nitrogens is 1. The van der Waals surface area contributed by atoms with Crippen LogP contribution in [0.4, 0.5) is 4.39 Å². The van der Waals surface area contributed by atoms with E-state index in [0.717, 1.165) is 12.8 Å². The molecule has 1 N–H and O–H groups in total. The smallest absolute Gasteiger partial charge is 0.257 e. The predicted molar refractivity (Wildman–Crippen MR) is 82.3 cm³/mol. The number of aromatic amines is 1. The third-order valence-corrected chi connectivity index (χ3v) is 4.24. The summed E-state index contributed by atoms with van der Waals surface area (Å²) in [5.74, 6) is 0.356. The molecule has 0 spiro atoms. The quantitative estimate of drug-likeness (QED) is 0.790. The fraction of sp³-hybridized carbons (Fsp3) is 0.312. The summed E-state index contributed by atoms with van der Waals surface area (Å²) < 4.78 is 14.9. The van der Waals surface area contributed by atoms with Gasteiger partial charge in [0.05, 0.1) is 28.8 Å². The van der Waals surface area contributed by atoms with Gasteiger partial charge >= 0.3 is 0 Å². The molecule has 1 saturated heterocycles. The maximum absolute atomic E-state index is 13.3. The Kier molecular flexibility index (Phi) is 3.14. The summed E-state index contributed by atoms with van der Waals surface area (Å²) in [4.78, 5) is 22.2. The number of nitrogens with one attached hydrogen (secondary N) is 1. The maximum Gasteiger partial charge on any atom is 0.257 e. The number of carbonyl (C=O) groups is 1. The van der Waals surface area contributed by atoms with Crippen LogP contribution in [-0.4, -0.2) is 37.1 Å². The van der Waals surface area contributed by atoms with Crippen LogP contribution in [0.2, 0.25) is 0 Å². The lowest BCUT2D eigenvalue weighted by Gasteiger charge is -2.22. The van der Waals surface area contributed by atoms with Crippen molar-refractivity contribution in [2.24, 2.45) is 7.05 Å². The van der Waals surface area contributed by atoms with E-state index in [4.69, 9.17) is 0 Å². The molecule has 1 aliphatic heterocycles. The van der Waals surface area contributed by atoms with Gasteiger partial charge in [-0.2, -0.15) is 5.10 Å². The Morgan fingerprint density at radius 3 is 3.09 bits per heavy atom. The van der Waals surface area contributed by atoms with Crippen LogP contribution in [0.1, 0.15) is 35.1 Å². The Morgan fingerprint density at radius 2 is 2.30 bits per heavy atom. The monoisotopic (exact) mass is 313 g/mol. The summed E-state index contributed by atoms with van der Waals surface area (Å²) in [5, 5.41) is 4.06. The molecule has 23 heavy (non-hydrogen) atoms. The Hall–Kier alpha value is -2.70. The zero-order valence-electron chi connectivity index (χ0n) is 12.7. The molecule has 3 heterocycles. The second-order valence-electron chi connectivity index (χ2n) is 5.84. The van der Waals surface area contributed by atoms with Gasteiger partial charge in [0.15, 0.2) is 0 Å². The van der Waals surface area contributed by atoms with E-state index in [0.29, 0.717) is 29.0 Å². The van der Waals surface area contributed by atoms with Gasteiger partial charge in [0.1, 0.15) is 11.6 Å². The number of hydrogen-bond acceptors (Lipinski definition) is 3. The highest BCUT2D eigenvalue weighted by Gasteiger charge is 2.33. The summed E-state index contributed by atoms with van der Waals surface area (Å²) in [5.41, 5.74) is 1.93. The summed E-state index contributed by atoms with van der Waals surface area (Å²) in [7, 11) is 1.78. The van der Waals surface area contributed by atoms with E-state index < -0.39 is 0 Å². The molecule has 0 bridgehead atoms. The minimum atomic E-state index is -0.303. The van der Waals surface area contributed by atoms with E-state index in [2.05, 4.69) is 15.1 Å². The van der Waals surface area contributed by atoms with Gasteiger partial charge in [-0.05, 0) is 31.0 Å². The molecule has 0 radical (unpaired) electrons. The van der Waals surface area contributed by atoms with E-state index in [1.807, 2.05) is 4.90 Å². The van der Waals surface area contributed by atoms with E-state index >= 15 is 0 Å². The second-order valence-corrected chi connectivity index (χ2v) is 5.84. The van der Waals surface area contributed by atoms with Crippen molar-refractivity contribution in [3.63, 3.8) is 0 Å². The highest BCUT2D eigenvalue weighted by atomic mass is 19.1. The highest BCUT2D eigenvalue weighted by molar-refractivity contribution is 5.94. The summed E-state index contributed by atoms with van der Waals surface area (Å²) in [6, 6.07) is 4.35. The highest BCUT2D eigenvalue weighted by Crippen LogP contribution is 2.32. The molecule has 3 aromatic rings. The van der Waals surface area contributed by atoms with Crippen molar-refractivity contribution in [1.29, 1.82) is 0 Å². The number of nitrogens with zero attached hydrogens (tertiary/aromatic N) is 4. The van der Waals surface area contributed by atoms with Gasteiger partial charge in [-0.25, -0.2) is 9.37 Å². The van der Waals surface area contributed by atoms with Crippen molar-refractivity contribution >= 4 is 16.9 Å². The van der Waals surface area contributed by atoms with Crippen LogP contribution < -0.4 is 0 Å². The zero-order valence-corrected chi connectivity index (χ0v) is 12.7. The van der Waals surface area contributed by atoms with Crippen molar-refractivity contribution in [2.45, 2.75) is 18.9 Å². The molecule has 0 unspecified atom stereocenters. The second kappa shape index (κ2) is 5.19. The van der Waals surface area contributed by atoms with Gasteiger partial charge in [0.2, 0.25) is 0 Å².